The van der Waals surface area contributed by atoms with Crippen molar-refractivity contribution in [3.8, 4) is 0 Å². The zero-order valence-electron chi connectivity index (χ0n) is 11.3. The molecule has 2 aromatic carbocycles. The molecule has 4 aromatic heterocycles. The van der Waals surface area contributed by atoms with Gasteiger partial charge in [-0.05, 0) is 45.8 Å². The van der Waals surface area contributed by atoms with Crippen LogP contribution in [0.5, 0.6) is 0 Å². The second-order valence-electron chi connectivity index (χ2n) is 5.40. The fourth-order valence-corrected chi connectivity index (χ4v) is 7.55. The second kappa shape index (κ2) is 4.09. The van der Waals surface area contributed by atoms with Crippen LogP contribution in [0.3, 0.4) is 0 Å². The van der Waals surface area contributed by atoms with Gasteiger partial charge in [0.1, 0.15) is 0 Å². The molecule has 0 spiro atoms. The molecular weight excluding hydrogens is 344 g/mol. The number of hydrogen-bond acceptors (Lipinski definition) is 4. The molecular formula is C18H8S4. The highest BCUT2D eigenvalue weighted by Gasteiger charge is 2.17. The summed E-state index contributed by atoms with van der Waals surface area (Å²) in [5, 5.41) is 17.5. The summed E-state index contributed by atoms with van der Waals surface area (Å²) in [5.74, 6) is 0. The summed E-state index contributed by atoms with van der Waals surface area (Å²) in [6.45, 7) is 0. The van der Waals surface area contributed by atoms with Gasteiger partial charge >= 0.3 is 0 Å². The third kappa shape index (κ3) is 1.29. The molecule has 6 rings (SSSR count). The molecule has 0 saturated heterocycles. The Morgan fingerprint density at radius 3 is 0.955 bits per heavy atom. The van der Waals surface area contributed by atoms with Crippen LogP contribution in [0, 0.1) is 0 Å². The Labute approximate surface area is 141 Å². The zero-order chi connectivity index (χ0) is 14.3. The van der Waals surface area contributed by atoms with Crippen LogP contribution in [0.2, 0.25) is 0 Å². The number of thiophene rings is 4. The van der Waals surface area contributed by atoms with E-state index in [1.807, 2.05) is 45.3 Å². The zero-order valence-corrected chi connectivity index (χ0v) is 14.5. The Morgan fingerprint density at radius 2 is 0.682 bits per heavy atom. The molecule has 22 heavy (non-hydrogen) atoms. The molecule has 0 N–H and O–H groups in total. The Morgan fingerprint density at radius 1 is 0.409 bits per heavy atom. The van der Waals surface area contributed by atoms with E-state index in [1.54, 1.807) is 0 Å². The van der Waals surface area contributed by atoms with Crippen LogP contribution in [-0.4, -0.2) is 0 Å². The van der Waals surface area contributed by atoms with Gasteiger partial charge in [0.15, 0.2) is 0 Å². The van der Waals surface area contributed by atoms with Gasteiger partial charge in [-0.3, -0.25) is 0 Å². The van der Waals surface area contributed by atoms with Crippen LogP contribution >= 0.6 is 45.3 Å². The monoisotopic (exact) mass is 352 g/mol. The van der Waals surface area contributed by atoms with E-state index >= 15 is 0 Å². The fraction of sp³-hybridized carbons (Fsp3) is 0. The minimum atomic E-state index is 1.42. The Hall–Kier alpha value is -1.46. The first-order chi connectivity index (χ1) is 10.9. The lowest BCUT2D eigenvalue weighted by atomic mass is 9.98. The van der Waals surface area contributed by atoms with Gasteiger partial charge in [0.2, 0.25) is 0 Å². The largest absolute Gasteiger partial charge is 0.142 e. The number of fused-ring (bicyclic) bond motifs is 11. The van der Waals surface area contributed by atoms with E-state index in [1.165, 1.54) is 51.1 Å². The van der Waals surface area contributed by atoms with Crippen LogP contribution in [0.25, 0.3) is 51.1 Å². The molecule has 0 aliphatic rings. The molecule has 0 aliphatic heterocycles. The Balaban J connectivity index is 2.19. The predicted octanol–water partition coefficient (Wildman–Crippen LogP) is 7.70. The van der Waals surface area contributed by atoms with Gasteiger partial charge < -0.3 is 0 Å². The first kappa shape index (κ1) is 12.0. The molecule has 4 heterocycles. The molecule has 0 atom stereocenters. The van der Waals surface area contributed by atoms with Gasteiger partial charge in [0, 0.05) is 32.3 Å². The van der Waals surface area contributed by atoms with Crippen molar-refractivity contribution < 1.29 is 0 Å². The normalized spacial score (nSPS) is 12.5. The van der Waals surface area contributed by atoms with E-state index < -0.39 is 0 Å². The Bertz CT molecular complexity index is 1120. The standard InChI is InChI=1S/C18H8S4/c1-5-19-15-9(1)13-10-2-6-21-17(10)18-12(4-8-22-18)14(13)11-3-7-20-16(11)15/h1-8H. The summed E-state index contributed by atoms with van der Waals surface area (Å²) in [6, 6.07) is 9.21. The van der Waals surface area contributed by atoms with E-state index in [4.69, 9.17) is 0 Å². The minimum Gasteiger partial charge on any atom is -0.142 e. The maximum atomic E-state index is 2.30. The second-order valence-corrected chi connectivity index (χ2v) is 9.07. The average molecular weight is 353 g/mol. The van der Waals surface area contributed by atoms with Crippen molar-refractivity contribution in [2.45, 2.75) is 0 Å². The third-order valence-electron chi connectivity index (χ3n) is 4.40. The van der Waals surface area contributed by atoms with Gasteiger partial charge in [-0.2, -0.15) is 0 Å². The molecule has 4 heteroatoms. The topological polar surface area (TPSA) is 0 Å². The third-order valence-corrected chi connectivity index (χ3v) is 8.39. The van der Waals surface area contributed by atoms with Gasteiger partial charge in [-0.25, -0.2) is 0 Å². The van der Waals surface area contributed by atoms with Crippen LogP contribution < -0.4 is 0 Å². The molecule has 6 aromatic rings. The molecule has 0 nitrogen and oxygen atoms in total. The molecule has 0 amide bonds. The molecule has 0 unspecified atom stereocenters. The average Bonchev–Trinajstić information content (AvgIpc) is 3.28. The highest BCUT2D eigenvalue weighted by atomic mass is 32.1. The molecule has 0 saturated carbocycles. The van der Waals surface area contributed by atoms with E-state index in [0.29, 0.717) is 0 Å². The van der Waals surface area contributed by atoms with Crippen LogP contribution in [-0.2, 0) is 0 Å². The van der Waals surface area contributed by atoms with Gasteiger partial charge in [-0.15, -0.1) is 45.3 Å². The molecule has 0 fully saturated rings. The van der Waals surface area contributed by atoms with Crippen molar-refractivity contribution in [2.24, 2.45) is 0 Å². The maximum Gasteiger partial charge on any atom is 0.0527 e. The SMILES string of the molecule is c1cc2c(s1)c1sccc1c1c3ccsc3c3sccc3c21. The summed E-state index contributed by atoms with van der Waals surface area (Å²) >= 11 is 7.49. The molecule has 0 bridgehead atoms. The summed E-state index contributed by atoms with van der Waals surface area (Å²) in [5.41, 5.74) is 0. The van der Waals surface area contributed by atoms with Gasteiger partial charge in [0.05, 0.1) is 18.8 Å². The number of hydrogen-bond donors (Lipinski definition) is 0. The van der Waals surface area contributed by atoms with Crippen molar-refractivity contribution >= 4 is 96.5 Å². The molecule has 104 valence electrons. The summed E-state index contributed by atoms with van der Waals surface area (Å²) in [6.07, 6.45) is 0. The predicted molar refractivity (Wildman–Crippen MR) is 105 cm³/mol. The van der Waals surface area contributed by atoms with Crippen LogP contribution in [0.15, 0.2) is 45.8 Å². The maximum absolute atomic E-state index is 2.30. The van der Waals surface area contributed by atoms with E-state index in [-0.39, 0.29) is 0 Å². The smallest absolute Gasteiger partial charge is 0.0527 e. The molecule has 0 aliphatic carbocycles. The van der Waals surface area contributed by atoms with Crippen molar-refractivity contribution in [1.82, 2.24) is 0 Å². The lowest BCUT2D eigenvalue weighted by molar-refractivity contribution is 2.08. The quantitative estimate of drug-likeness (QED) is 0.263. The minimum absolute atomic E-state index is 1.42. The lowest BCUT2D eigenvalue weighted by Gasteiger charge is -2.07. The molecule has 0 radical (unpaired) electrons. The van der Waals surface area contributed by atoms with Crippen molar-refractivity contribution in [2.75, 3.05) is 0 Å². The van der Waals surface area contributed by atoms with Gasteiger partial charge in [0.25, 0.3) is 0 Å². The van der Waals surface area contributed by atoms with Crippen LogP contribution in [0.1, 0.15) is 0 Å². The summed E-state index contributed by atoms with van der Waals surface area (Å²) in [7, 11) is 0. The lowest BCUT2D eigenvalue weighted by Crippen LogP contribution is -1.78. The summed E-state index contributed by atoms with van der Waals surface area (Å²) < 4.78 is 5.78. The van der Waals surface area contributed by atoms with Crippen molar-refractivity contribution in [3.05, 3.63) is 45.8 Å². The summed E-state index contributed by atoms with van der Waals surface area (Å²) in [4.78, 5) is 0. The van der Waals surface area contributed by atoms with Crippen molar-refractivity contribution in [3.63, 3.8) is 0 Å². The van der Waals surface area contributed by atoms with Crippen LogP contribution in [0.4, 0.5) is 0 Å². The van der Waals surface area contributed by atoms with E-state index in [9.17, 15) is 0 Å². The first-order valence-electron chi connectivity index (χ1n) is 7.00. The fourth-order valence-electron chi connectivity index (χ4n) is 3.56. The first-order valence-corrected chi connectivity index (χ1v) is 10.5. The van der Waals surface area contributed by atoms with Crippen molar-refractivity contribution in [1.29, 1.82) is 0 Å². The highest BCUT2D eigenvalue weighted by Crippen LogP contribution is 2.48. The van der Waals surface area contributed by atoms with E-state index in [0.717, 1.165) is 0 Å². The number of rotatable bonds is 0. The highest BCUT2D eigenvalue weighted by molar-refractivity contribution is 7.27. The van der Waals surface area contributed by atoms with Gasteiger partial charge in [-0.1, -0.05) is 0 Å². The van der Waals surface area contributed by atoms with E-state index in [2.05, 4.69) is 45.8 Å². The number of benzene rings is 2. The Kier molecular flexibility index (Phi) is 2.23.